The van der Waals surface area contributed by atoms with E-state index in [-0.39, 0.29) is 29.2 Å². The summed E-state index contributed by atoms with van der Waals surface area (Å²) in [5, 5.41) is 4.38. The van der Waals surface area contributed by atoms with E-state index in [9.17, 15) is 9.59 Å². The fourth-order valence-electron chi connectivity index (χ4n) is 6.04. The van der Waals surface area contributed by atoms with Crippen molar-refractivity contribution in [3.63, 3.8) is 0 Å². The molecule has 0 radical (unpaired) electrons. The number of nitrogens with one attached hydrogen (secondary N) is 1. The fraction of sp³-hybridized carbons (Fsp3) is 0.464. The molecule has 0 spiro atoms. The van der Waals surface area contributed by atoms with Crippen LogP contribution in [0.4, 0.5) is 0 Å². The topological polar surface area (TPSA) is 64.0 Å². The maximum Gasteiger partial charge on any atom is 0.266 e. The number of hydrogen-bond donors (Lipinski definition) is 1. The van der Waals surface area contributed by atoms with E-state index in [1.807, 2.05) is 42.5 Å². The van der Waals surface area contributed by atoms with Gasteiger partial charge in [0, 0.05) is 6.04 Å². The molecule has 2 aromatic carbocycles. The molecule has 4 unspecified atom stereocenters. The average Bonchev–Trinajstić information content (AvgIpc) is 3.47. The van der Waals surface area contributed by atoms with Crippen molar-refractivity contribution >= 4 is 28.6 Å². The minimum atomic E-state index is -0.100. The predicted octanol–water partition coefficient (Wildman–Crippen LogP) is 5.54. The molecule has 34 heavy (non-hydrogen) atoms. The van der Waals surface area contributed by atoms with E-state index >= 15 is 0 Å². The molecule has 2 fully saturated rings. The Morgan fingerprint density at radius 2 is 1.85 bits per heavy atom. The van der Waals surface area contributed by atoms with Gasteiger partial charge in [-0.25, -0.2) is 4.98 Å². The van der Waals surface area contributed by atoms with Gasteiger partial charge < -0.3 is 5.32 Å². The molecule has 5 nitrogen and oxygen atoms in total. The lowest BCUT2D eigenvalue weighted by Gasteiger charge is -2.28. The van der Waals surface area contributed by atoms with Crippen molar-refractivity contribution in [1.29, 1.82) is 0 Å². The van der Waals surface area contributed by atoms with Gasteiger partial charge in [0.2, 0.25) is 5.91 Å². The van der Waals surface area contributed by atoms with E-state index in [0.29, 0.717) is 22.0 Å². The van der Waals surface area contributed by atoms with E-state index < -0.39 is 0 Å². The summed E-state index contributed by atoms with van der Waals surface area (Å²) in [6.07, 6.45) is 5.26. The second kappa shape index (κ2) is 9.57. The number of carbonyl (C=O) groups is 1. The van der Waals surface area contributed by atoms with Crippen molar-refractivity contribution in [2.75, 3.05) is 5.75 Å². The van der Waals surface area contributed by atoms with Crippen LogP contribution in [0.3, 0.4) is 0 Å². The minimum absolute atomic E-state index is 0.00590. The van der Waals surface area contributed by atoms with E-state index in [0.717, 1.165) is 23.1 Å². The zero-order valence-corrected chi connectivity index (χ0v) is 21.0. The highest BCUT2D eigenvalue weighted by atomic mass is 32.2. The molecule has 1 heterocycles. The Kier molecular flexibility index (Phi) is 6.52. The van der Waals surface area contributed by atoms with Crippen LogP contribution in [-0.2, 0) is 4.79 Å². The van der Waals surface area contributed by atoms with Crippen LogP contribution in [0.2, 0.25) is 0 Å². The molecular formula is C28H33N3O2S. The van der Waals surface area contributed by atoms with Gasteiger partial charge in [0.25, 0.3) is 5.56 Å². The van der Waals surface area contributed by atoms with Gasteiger partial charge >= 0.3 is 0 Å². The van der Waals surface area contributed by atoms with Gasteiger partial charge in [-0.05, 0) is 73.6 Å². The van der Waals surface area contributed by atoms with Crippen LogP contribution in [-0.4, -0.2) is 27.3 Å². The number of amides is 1. The highest BCUT2D eigenvalue weighted by molar-refractivity contribution is 7.99. The van der Waals surface area contributed by atoms with E-state index in [1.54, 1.807) is 4.57 Å². The molecule has 6 heteroatoms. The number of fused-ring (bicyclic) bond motifs is 3. The number of aromatic nitrogens is 2. The molecule has 1 amide bonds. The van der Waals surface area contributed by atoms with Crippen LogP contribution < -0.4 is 10.9 Å². The molecule has 1 aromatic heterocycles. The van der Waals surface area contributed by atoms with Gasteiger partial charge in [-0.15, -0.1) is 0 Å². The van der Waals surface area contributed by atoms with Gasteiger partial charge in [0.1, 0.15) is 0 Å². The molecule has 1 N–H and O–H groups in total. The van der Waals surface area contributed by atoms with Crippen LogP contribution >= 0.6 is 11.8 Å². The second-order valence-electron chi connectivity index (χ2n) is 10.2. The summed E-state index contributed by atoms with van der Waals surface area (Å²) in [6.45, 7) is 6.39. The van der Waals surface area contributed by atoms with Gasteiger partial charge in [-0.1, -0.05) is 62.4 Å². The molecule has 2 aliphatic carbocycles. The normalized spacial score (nSPS) is 22.4. The van der Waals surface area contributed by atoms with E-state index in [4.69, 9.17) is 4.98 Å². The summed E-state index contributed by atoms with van der Waals surface area (Å²) >= 11 is 1.34. The quantitative estimate of drug-likeness (QED) is 0.360. The summed E-state index contributed by atoms with van der Waals surface area (Å²) in [4.78, 5) is 31.3. The first-order chi connectivity index (χ1) is 16.4. The molecule has 2 bridgehead atoms. The minimum Gasteiger partial charge on any atom is -0.353 e. The molecule has 0 saturated heterocycles. The average molecular weight is 476 g/mol. The summed E-state index contributed by atoms with van der Waals surface area (Å²) < 4.78 is 1.69. The second-order valence-corrected chi connectivity index (χ2v) is 11.2. The first-order valence-electron chi connectivity index (χ1n) is 12.5. The maximum absolute atomic E-state index is 13.6. The van der Waals surface area contributed by atoms with Crippen molar-refractivity contribution in [3.8, 4) is 5.69 Å². The zero-order valence-electron chi connectivity index (χ0n) is 20.2. The third-order valence-corrected chi connectivity index (χ3v) is 8.64. The largest absolute Gasteiger partial charge is 0.353 e. The van der Waals surface area contributed by atoms with Gasteiger partial charge in [0.15, 0.2) is 5.16 Å². The van der Waals surface area contributed by atoms with Crippen molar-refractivity contribution in [3.05, 3.63) is 64.4 Å². The van der Waals surface area contributed by atoms with Crippen LogP contribution in [0.5, 0.6) is 0 Å². The van der Waals surface area contributed by atoms with Crippen molar-refractivity contribution in [1.82, 2.24) is 14.9 Å². The lowest BCUT2D eigenvalue weighted by Crippen LogP contribution is -2.41. The summed E-state index contributed by atoms with van der Waals surface area (Å²) in [6, 6.07) is 15.6. The third kappa shape index (κ3) is 4.40. The highest BCUT2D eigenvalue weighted by Crippen LogP contribution is 2.49. The number of rotatable bonds is 7. The number of hydrogen-bond acceptors (Lipinski definition) is 4. The van der Waals surface area contributed by atoms with Crippen LogP contribution in [0.25, 0.3) is 16.6 Å². The molecular weight excluding hydrogens is 442 g/mol. The van der Waals surface area contributed by atoms with Crippen LogP contribution in [0.15, 0.2) is 58.5 Å². The summed E-state index contributed by atoms with van der Waals surface area (Å²) in [5.41, 5.74) is 2.47. The lowest BCUT2D eigenvalue weighted by molar-refractivity contribution is -0.119. The lowest BCUT2D eigenvalue weighted by atomic mass is 9.84. The smallest absolute Gasteiger partial charge is 0.266 e. The summed E-state index contributed by atoms with van der Waals surface area (Å²) in [5.74, 6) is 2.72. The number of nitrogens with zero attached hydrogens (tertiary/aromatic N) is 2. The Balaban J connectivity index is 1.42. The first-order valence-corrected chi connectivity index (χ1v) is 13.4. The first kappa shape index (κ1) is 23.2. The van der Waals surface area contributed by atoms with Crippen LogP contribution in [0.1, 0.15) is 57.9 Å². The number of thioether (sulfide) groups is 1. The Morgan fingerprint density at radius 3 is 2.59 bits per heavy atom. The SMILES string of the molecule is CC(C)c1ccccc1-n1c(SCC(=O)NC(C)C2CC3CCC2C3)nc2ccccc2c1=O. The molecule has 4 atom stereocenters. The van der Waals surface area contributed by atoms with Gasteiger partial charge in [0.05, 0.1) is 22.3 Å². The Hall–Kier alpha value is -2.60. The Labute approximate surface area is 205 Å². The van der Waals surface area contributed by atoms with Crippen molar-refractivity contribution in [2.24, 2.45) is 17.8 Å². The van der Waals surface area contributed by atoms with Crippen molar-refractivity contribution in [2.45, 2.75) is 63.6 Å². The predicted molar refractivity (Wildman–Crippen MR) is 139 cm³/mol. The molecule has 0 aliphatic heterocycles. The third-order valence-electron chi connectivity index (χ3n) is 7.70. The standard InChI is InChI=1S/C28H33N3O2S/c1-17(2)21-8-5-7-11-25(21)31-27(33)22-9-4-6-10-24(22)30-28(31)34-16-26(32)29-18(3)23-15-19-12-13-20(23)14-19/h4-11,17-20,23H,12-16H2,1-3H3,(H,29,32). The number of benzene rings is 2. The monoisotopic (exact) mass is 475 g/mol. The van der Waals surface area contributed by atoms with Crippen molar-refractivity contribution < 1.29 is 4.79 Å². The molecule has 178 valence electrons. The number of para-hydroxylation sites is 2. The molecule has 2 saturated carbocycles. The van der Waals surface area contributed by atoms with Gasteiger partial charge in [-0.3, -0.25) is 14.2 Å². The highest BCUT2D eigenvalue weighted by Gasteiger charge is 2.42. The zero-order chi connectivity index (χ0) is 23.8. The summed E-state index contributed by atoms with van der Waals surface area (Å²) in [7, 11) is 0. The molecule has 2 aliphatic rings. The Morgan fingerprint density at radius 1 is 1.09 bits per heavy atom. The molecule has 5 rings (SSSR count). The van der Waals surface area contributed by atoms with E-state index in [2.05, 4.69) is 32.2 Å². The Bertz CT molecular complexity index is 1270. The maximum atomic E-state index is 13.6. The number of carbonyl (C=O) groups excluding carboxylic acids is 1. The fourth-order valence-corrected chi connectivity index (χ4v) is 6.86. The van der Waals surface area contributed by atoms with Crippen LogP contribution in [0, 0.1) is 17.8 Å². The molecule has 3 aromatic rings. The van der Waals surface area contributed by atoms with E-state index in [1.165, 1.54) is 37.4 Å². The van der Waals surface area contributed by atoms with Gasteiger partial charge in [-0.2, -0.15) is 0 Å².